The van der Waals surface area contributed by atoms with Crippen molar-refractivity contribution in [2.24, 2.45) is 5.73 Å². The van der Waals surface area contributed by atoms with Crippen LogP contribution in [-0.4, -0.2) is 36.1 Å². The van der Waals surface area contributed by atoms with Crippen molar-refractivity contribution in [2.75, 3.05) is 13.2 Å². The van der Waals surface area contributed by atoms with Crippen LogP contribution in [0.5, 0.6) is 0 Å². The predicted octanol–water partition coefficient (Wildman–Crippen LogP) is 0.135. The van der Waals surface area contributed by atoms with Crippen LogP contribution < -0.4 is 11.1 Å². The van der Waals surface area contributed by atoms with E-state index in [4.69, 9.17) is 10.5 Å². The lowest BCUT2D eigenvalue weighted by Crippen LogP contribution is -2.28. The van der Waals surface area contributed by atoms with Crippen LogP contribution in [0.2, 0.25) is 0 Å². The van der Waals surface area contributed by atoms with Crippen molar-refractivity contribution in [1.82, 2.24) is 10.3 Å². The largest absolute Gasteiger partial charge is 0.377 e. The molecule has 0 bridgehead atoms. The summed E-state index contributed by atoms with van der Waals surface area (Å²) in [5.41, 5.74) is 5.22. The molecule has 1 aromatic rings. The van der Waals surface area contributed by atoms with Crippen molar-refractivity contribution >= 4 is 11.8 Å². The second-order valence-electron chi connectivity index (χ2n) is 3.87. The van der Waals surface area contributed by atoms with E-state index in [1.807, 2.05) is 13.8 Å². The highest BCUT2D eigenvalue weighted by molar-refractivity contribution is 5.97. The molecule has 0 aliphatic heterocycles. The van der Waals surface area contributed by atoms with Gasteiger partial charge in [0, 0.05) is 18.8 Å². The van der Waals surface area contributed by atoms with Crippen molar-refractivity contribution in [3.8, 4) is 0 Å². The minimum absolute atomic E-state index is 0.0546. The molecule has 3 N–H and O–H groups in total. The van der Waals surface area contributed by atoms with E-state index in [9.17, 15) is 9.59 Å². The number of amides is 2. The van der Waals surface area contributed by atoms with E-state index < -0.39 is 5.91 Å². The number of nitrogens with two attached hydrogens (primary N) is 1. The summed E-state index contributed by atoms with van der Waals surface area (Å²) < 4.78 is 5.28. The number of ether oxygens (including phenoxy) is 1. The monoisotopic (exact) mass is 250 g/mol. The Morgan fingerprint density at radius 1 is 1.56 bits per heavy atom. The molecule has 0 saturated heterocycles. The Morgan fingerprint density at radius 3 is 2.89 bits per heavy atom. The van der Waals surface area contributed by atoms with Crippen LogP contribution >= 0.6 is 0 Å². The molecule has 1 radical (unpaired) electrons. The molecular weight excluding hydrogens is 234 g/mol. The third-order valence-electron chi connectivity index (χ3n) is 2.01. The van der Waals surface area contributed by atoms with Crippen molar-refractivity contribution in [3.05, 3.63) is 29.6 Å². The molecule has 0 aliphatic carbocycles. The van der Waals surface area contributed by atoms with Crippen molar-refractivity contribution in [2.45, 2.75) is 20.0 Å². The van der Waals surface area contributed by atoms with Gasteiger partial charge in [0.15, 0.2) is 0 Å². The van der Waals surface area contributed by atoms with Gasteiger partial charge < -0.3 is 15.8 Å². The first-order valence-electron chi connectivity index (χ1n) is 5.58. The molecule has 0 atom stereocenters. The maximum Gasteiger partial charge on any atom is 0.267 e. The molecule has 1 rings (SSSR count). The lowest BCUT2D eigenvalue weighted by atomic mass is 10.2. The predicted molar refractivity (Wildman–Crippen MR) is 65.0 cm³/mol. The number of primary amides is 1. The highest BCUT2D eigenvalue weighted by Gasteiger charge is 2.09. The molecular formula is C12H16N3O3. The second kappa shape index (κ2) is 6.70. The Bertz CT molecular complexity index is 432. The number of nitrogens with one attached hydrogen (secondary N) is 1. The summed E-state index contributed by atoms with van der Waals surface area (Å²) in [4.78, 5) is 26.3. The van der Waals surface area contributed by atoms with Gasteiger partial charge in [-0.25, -0.2) is 0 Å². The third-order valence-corrected chi connectivity index (χ3v) is 2.01. The lowest BCUT2D eigenvalue weighted by Gasteiger charge is -2.08. The number of pyridine rings is 1. The number of nitrogens with zero attached hydrogens (tertiary/aromatic N) is 1. The zero-order valence-electron chi connectivity index (χ0n) is 10.4. The molecule has 0 aromatic carbocycles. The van der Waals surface area contributed by atoms with E-state index in [1.165, 1.54) is 12.3 Å². The Balaban J connectivity index is 2.51. The molecule has 97 valence electrons. The molecule has 0 aliphatic rings. The number of rotatable bonds is 6. The molecule has 0 unspecified atom stereocenters. The van der Waals surface area contributed by atoms with Crippen LogP contribution in [0.15, 0.2) is 12.3 Å². The SMILES string of the molecule is CC(C)OCCNC(=O)c1[c]c(C(N)=O)ncc1. The molecule has 18 heavy (non-hydrogen) atoms. The molecule has 0 spiro atoms. The van der Waals surface area contributed by atoms with Gasteiger partial charge in [0.2, 0.25) is 0 Å². The van der Waals surface area contributed by atoms with Crippen LogP contribution in [0.25, 0.3) is 0 Å². The van der Waals surface area contributed by atoms with E-state index in [0.717, 1.165) is 0 Å². The minimum atomic E-state index is -0.715. The van der Waals surface area contributed by atoms with E-state index in [1.54, 1.807) is 0 Å². The fourth-order valence-electron chi connectivity index (χ4n) is 1.20. The van der Waals surface area contributed by atoms with E-state index in [0.29, 0.717) is 13.2 Å². The van der Waals surface area contributed by atoms with Crippen LogP contribution in [0.4, 0.5) is 0 Å². The van der Waals surface area contributed by atoms with Crippen LogP contribution in [-0.2, 0) is 4.74 Å². The second-order valence-corrected chi connectivity index (χ2v) is 3.87. The summed E-state index contributed by atoms with van der Waals surface area (Å²) in [7, 11) is 0. The third kappa shape index (κ3) is 4.50. The van der Waals surface area contributed by atoms with Gasteiger partial charge in [0.25, 0.3) is 11.8 Å². The summed E-state index contributed by atoms with van der Waals surface area (Å²) in [5, 5.41) is 2.65. The number of hydrogen-bond acceptors (Lipinski definition) is 4. The van der Waals surface area contributed by atoms with Gasteiger partial charge in [-0.15, -0.1) is 0 Å². The molecule has 0 saturated carbocycles. The summed E-state index contributed by atoms with van der Waals surface area (Å²) >= 11 is 0. The first kappa shape index (κ1) is 14.1. The van der Waals surface area contributed by atoms with Gasteiger partial charge in [0.1, 0.15) is 5.69 Å². The Labute approximate surface area is 106 Å². The maximum atomic E-state index is 11.7. The standard InChI is InChI=1S/C12H16N3O3/c1-8(2)18-6-5-15-12(17)9-3-4-14-10(7-9)11(13)16/h3-4,8H,5-6H2,1-2H3,(H2,13,16)(H,15,17). The van der Waals surface area contributed by atoms with Crippen LogP contribution in [0.3, 0.4) is 0 Å². The Hall–Kier alpha value is -1.95. The zero-order chi connectivity index (χ0) is 13.5. The minimum Gasteiger partial charge on any atom is -0.377 e. The van der Waals surface area contributed by atoms with Gasteiger partial charge in [-0.05, 0) is 19.9 Å². The first-order chi connectivity index (χ1) is 8.50. The topological polar surface area (TPSA) is 94.3 Å². The van der Waals surface area contributed by atoms with Crippen molar-refractivity contribution < 1.29 is 14.3 Å². The highest BCUT2D eigenvalue weighted by Crippen LogP contribution is 2.00. The number of aromatic nitrogens is 1. The number of hydrogen-bond donors (Lipinski definition) is 2. The summed E-state index contributed by atoms with van der Waals surface area (Å²) in [6.45, 7) is 4.64. The summed E-state index contributed by atoms with van der Waals surface area (Å²) in [5.74, 6) is -1.06. The molecule has 6 nitrogen and oxygen atoms in total. The van der Waals surface area contributed by atoms with Crippen molar-refractivity contribution in [3.63, 3.8) is 0 Å². The lowest BCUT2D eigenvalue weighted by molar-refractivity contribution is 0.0746. The van der Waals surface area contributed by atoms with Gasteiger partial charge in [-0.2, -0.15) is 0 Å². The van der Waals surface area contributed by atoms with Crippen molar-refractivity contribution in [1.29, 1.82) is 0 Å². The van der Waals surface area contributed by atoms with Crippen LogP contribution in [0.1, 0.15) is 34.7 Å². The molecule has 1 heterocycles. The summed E-state index contributed by atoms with van der Waals surface area (Å²) in [6.07, 6.45) is 1.46. The van der Waals surface area contributed by atoms with Gasteiger partial charge in [-0.3, -0.25) is 14.6 Å². The van der Waals surface area contributed by atoms with Gasteiger partial charge in [0.05, 0.1) is 18.3 Å². The maximum absolute atomic E-state index is 11.7. The smallest absolute Gasteiger partial charge is 0.267 e. The average Bonchev–Trinajstić information content (AvgIpc) is 2.34. The Morgan fingerprint density at radius 2 is 2.28 bits per heavy atom. The fourth-order valence-corrected chi connectivity index (χ4v) is 1.20. The van der Waals surface area contributed by atoms with Gasteiger partial charge >= 0.3 is 0 Å². The van der Waals surface area contributed by atoms with E-state index in [-0.39, 0.29) is 23.3 Å². The molecule has 2 amide bonds. The molecule has 6 heteroatoms. The quantitative estimate of drug-likeness (QED) is 0.702. The van der Waals surface area contributed by atoms with Gasteiger partial charge in [-0.1, -0.05) is 0 Å². The molecule has 1 aromatic heterocycles. The van der Waals surface area contributed by atoms with E-state index >= 15 is 0 Å². The van der Waals surface area contributed by atoms with Crippen LogP contribution in [0, 0.1) is 6.07 Å². The summed E-state index contributed by atoms with van der Waals surface area (Å²) in [6, 6.07) is 4.02. The fraction of sp³-hybridized carbons (Fsp3) is 0.417. The highest BCUT2D eigenvalue weighted by atomic mass is 16.5. The molecule has 0 fully saturated rings. The number of carbonyl (C=O) groups excluding carboxylic acids is 2. The number of carbonyl (C=O) groups is 2. The van der Waals surface area contributed by atoms with E-state index in [2.05, 4.69) is 16.4 Å². The first-order valence-corrected chi connectivity index (χ1v) is 5.58. The zero-order valence-corrected chi connectivity index (χ0v) is 10.4. The average molecular weight is 250 g/mol. The Kier molecular flexibility index (Phi) is 5.26. The normalized spacial score (nSPS) is 10.4.